The summed E-state index contributed by atoms with van der Waals surface area (Å²) in [5, 5.41) is 0. The summed E-state index contributed by atoms with van der Waals surface area (Å²) in [6, 6.07) is -0.744. The lowest BCUT2D eigenvalue weighted by molar-refractivity contribution is -0.146. The Bertz CT molecular complexity index is 655. The van der Waals surface area contributed by atoms with E-state index in [1.165, 1.54) is 13.8 Å². The lowest BCUT2D eigenvalue weighted by Crippen LogP contribution is -2.36. The molecule has 0 radical (unpaired) electrons. The molecule has 1 aliphatic heterocycles. The van der Waals surface area contributed by atoms with E-state index in [0.717, 1.165) is 9.80 Å². The van der Waals surface area contributed by atoms with Gasteiger partial charge in [-0.3, -0.25) is 19.4 Å². The predicted octanol–water partition coefficient (Wildman–Crippen LogP) is 1.57. The molecule has 1 rings (SSSR count). The van der Waals surface area contributed by atoms with Crippen LogP contribution in [-0.2, 0) is 28.7 Å². The zero-order valence-electron chi connectivity index (χ0n) is 16.6. The number of urea groups is 1. The molecule has 154 valence electrons. The van der Waals surface area contributed by atoms with Crippen LogP contribution in [0.2, 0.25) is 0 Å². The van der Waals surface area contributed by atoms with Crippen LogP contribution in [0, 0.1) is 0 Å². The van der Waals surface area contributed by atoms with Crippen LogP contribution in [0.5, 0.6) is 0 Å². The number of carbonyl (C=O) groups excluding carboxylic acids is 5. The lowest BCUT2D eigenvalue weighted by Gasteiger charge is -2.19. The second kappa shape index (κ2) is 9.82. The minimum Gasteiger partial charge on any atom is -0.459 e. The van der Waals surface area contributed by atoms with Gasteiger partial charge >= 0.3 is 29.8 Å². The molecule has 0 aromatic rings. The molecule has 0 bridgehead atoms. The summed E-state index contributed by atoms with van der Waals surface area (Å²) in [5.41, 5.74) is 0.478. The Morgan fingerprint density at radius 3 is 1.43 bits per heavy atom. The molecule has 0 aromatic heterocycles. The lowest BCUT2D eigenvalue weighted by atomic mass is 10.2. The molecule has 2 unspecified atom stereocenters. The molecule has 0 spiro atoms. The minimum atomic E-state index is -0.935. The highest BCUT2D eigenvalue weighted by Gasteiger charge is 2.44. The van der Waals surface area contributed by atoms with Crippen molar-refractivity contribution in [2.24, 2.45) is 0 Å². The van der Waals surface area contributed by atoms with Crippen LogP contribution in [0.3, 0.4) is 0 Å². The van der Waals surface area contributed by atoms with Crippen LogP contribution in [0.4, 0.5) is 4.79 Å². The first-order valence-electron chi connectivity index (χ1n) is 8.86. The average molecular weight is 394 g/mol. The third-order valence-electron chi connectivity index (χ3n) is 3.97. The molecule has 1 saturated heterocycles. The van der Waals surface area contributed by atoms with Crippen molar-refractivity contribution >= 4 is 29.8 Å². The van der Waals surface area contributed by atoms with Crippen molar-refractivity contribution in [3.05, 3.63) is 24.3 Å². The highest BCUT2D eigenvalue weighted by atomic mass is 16.5. The molecule has 1 heterocycles. The molecule has 0 aromatic carbocycles. The van der Waals surface area contributed by atoms with Crippen LogP contribution >= 0.6 is 0 Å². The van der Waals surface area contributed by atoms with Crippen molar-refractivity contribution < 1.29 is 33.4 Å². The molecule has 1 aliphatic rings. The van der Waals surface area contributed by atoms with Crippen molar-refractivity contribution in [3.8, 4) is 0 Å². The SMILES string of the molecule is C=C(C)C(=O)OC(C)CCN1C(=O)C(=O)N(CCC(C)OC(=O)C(=C)C)C1=O. The van der Waals surface area contributed by atoms with Gasteiger partial charge in [-0.25, -0.2) is 14.4 Å². The quantitative estimate of drug-likeness (QED) is 0.239. The first kappa shape index (κ1) is 23.1. The molecule has 0 N–H and O–H groups in total. The fraction of sp³-hybridized carbons (Fsp3) is 0.526. The number of hydrogen-bond donors (Lipinski definition) is 0. The summed E-state index contributed by atoms with van der Waals surface area (Å²) in [5.74, 6) is -3.00. The number of ether oxygens (including phenoxy) is 2. The fourth-order valence-corrected chi connectivity index (χ4v) is 2.25. The van der Waals surface area contributed by atoms with Crippen LogP contribution in [0.25, 0.3) is 0 Å². The Morgan fingerprint density at radius 1 is 0.821 bits per heavy atom. The molecular formula is C19H26N2O7. The van der Waals surface area contributed by atoms with Gasteiger partial charge in [0.05, 0.1) is 0 Å². The monoisotopic (exact) mass is 394 g/mol. The molecule has 4 amide bonds. The van der Waals surface area contributed by atoms with E-state index in [1.807, 2.05) is 0 Å². The van der Waals surface area contributed by atoms with Crippen molar-refractivity contribution in [3.63, 3.8) is 0 Å². The Labute approximate surface area is 163 Å². The van der Waals surface area contributed by atoms with Gasteiger partial charge in [0.15, 0.2) is 0 Å². The Hall–Kier alpha value is -2.97. The molecule has 9 heteroatoms. The molecule has 2 atom stereocenters. The molecule has 1 fully saturated rings. The highest BCUT2D eigenvalue weighted by Crippen LogP contribution is 2.16. The second-order valence-electron chi connectivity index (χ2n) is 6.77. The van der Waals surface area contributed by atoms with Gasteiger partial charge in [0.1, 0.15) is 12.2 Å². The number of esters is 2. The smallest absolute Gasteiger partial charge is 0.334 e. The maximum atomic E-state index is 12.4. The zero-order valence-corrected chi connectivity index (χ0v) is 16.6. The molecule has 0 aliphatic carbocycles. The Balaban J connectivity index is 2.59. The van der Waals surface area contributed by atoms with Gasteiger partial charge in [-0.1, -0.05) is 13.2 Å². The summed E-state index contributed by atoms with van der Waals surface area (Å²) in [4.78, 5) is 61.1. The van der Waals surface area contributed by atoms with E-state index in [9.17, 15) is 24.0 Å². The molecule has 0 saturated carbocycles. The number of amides is 4. The number of nitrogens with zero attached hydrogens (tertiary/aromatic N) is 2. The average Bonchev–Trinajstić information content (AvgIpc) is 2.80. The molecular weight excluding hydrogens is 368 g/mol. The normalized spacial score (nSPS) is 16.1. The summed E-state index contributed by atoms with van der Waals surface area (Å²) >= 11 is 0. The van der Waals surface area contributed by atoms with Crippen molar-refractivity contribution in [1.82, 2.24) is 9.80 Å². The van der Waals surface area contributed by atoms with Gasteiger partial charge in [-0.15, -0.1) is 0 Å². The molecule has 28 heavy (non-hydrogen) atoms. The maximum Gasteiger partial charge on any atom is 0.334 e. The molecule has 9 nitrogen and oxygen atoms in total. The van der Waals surface area contributed by atoms with Crippen LogP contribution in [0.1, 0.15) is 40.5 Å². The first-order valence-corrected chi connectivity index (χ1v) is 8.86. The van der Waals surface area contributed by atoms with Gasteiger partial charge in [0.25, 0.3) is 0 Å². The highest BCUT2D eigenvalue weighted by molar-refractivity contribution is 6.44. The van der Waals surface area contributed by atoms with E-state index in [0.29, 0.717) is 0 Å². The van der Waals surface area contributed by atoms with E-state index in [-0.39, 0.29) is 37.1 Å². The second-order valence-corrected chi connectivity index (χ2v) is 6.77. The number of rotatable bonds is 10. The zero-order chi connectivity index (χ0) is 21.6. The van der Waals surface area contributed by atoms with Crippen LogP contribution < -0.4 is 0 Å². The fourth-order valence-electron chi connectivity index (χ4n) is 2.25. The van der Waals surface area contributed by atoms with Crippen LogP contribution in [0.15, 0.2) is 24.3 Å². The summed E-state index contributed by atoms with van der Waals surface area (Å²) in [7, 11) is 0. The largest absolute Gasteiger partial charge is 0.459 e. The van der Waals surface area contributed by atoms with Gasteiger partial charge in [-0.2, -0.15) is 0 Å². The summed E-state index contributed by atoms with van der Waals surface area (Å²) in [6.07, 6.45) is -0.750. The van der Waals surface area contributed by atoms with Crippen molar-refractivity contribution in [1.29, 1.82) is 0 Å². The van der Waals surface area contributed by atoms with E-state index in [4.69, 9.17) is 9.47 Å². The number of imide groups is 2. The van der Waals surface area contributed by atoms with E-state index in [1.54, 1.807) is 13.8 Å². The topological polar surface area (TPSA) is 110 Å². The summed E-state index contributed by atoms with van der Waals surface area (Å²) in [6.45, 7) is 13.1. The minimum absolute atomic E-state index is 0.0647. The van der Waals surface area contributed by atoms with E-state index >= 15 is 0 Å². The standard InChI is InChI=1S/C19H26N2O7/c1-11(2)17(24)27-13(5)7-9-20-15(22)16(23)21(19(20)26)10-8-14(6)28-18(25)12(3)4/h13-14H,1,3,7-10H2,2,4-6H3. The van der Waals surface area contributed by atoms with Crippen molar-refractivity contribution in [2.75, 3.05) is 13.1 Å². The third-order valence-corrected chi connectivity index (χ3v) is 3.97. The van der Waals surface area contributed by atoms with E-state index in [2.05, 4.69) is 13.2 Å². The maximum absolute atomic E-state index is 12.4. The van der Waals surface area contributed by atoms with Crippen LogP contribution in [-0.4, -0.2) is 64.9 Å². The third kappa shape index (κ3) is 6.04. The van der Waals surface area contributed by atoms with Gasteiger partial charge < -0.3 is 9.47 Å². The van der Waals surface area contributed by atoms with Gasteiger partial charge in [-0.05, 0) is 27.7 Å². The van der Waals surface area contributed by atoms with E-state index < -0.39 is 42.0 Å². The number of hydrogen-bond acceptors (Lipinski definition) is 7. The summed E-state index contributed by atoms with van der Waals surface area (Å²) < 4.78 is 10.2. The van der Waals surface area contributed by atoms with Gasteiger partial charge in [0.2, 0.25) is 0 Å². The predicted molar refractivity (Wildman–Crippen MR) is 98.8 cm³/mol. The Morgan fingerprint density at radius 2 is 1.14 bits per heavy atom. The van der Waals surface area contributed by atoms with Crippen molar-refractivity contribution in [2.45, 2.75) is 52.7 Å². The Kier molecular flexibility index (Phi) is 8.09. The number of carbonyl (C=O) groups is 5. The first-order chi connectivity index (χ1) is 13.0. The van der Waals surface area contributed by atoms with Gasteiger partial charge in [0, 0.05) is 37.1 Å².